The second-order valence-corrected chi connectivity index (χ2v) is 6.70. The molecular formula is C24H28O2. The molecule has 0 radical (unpaired) electrons. The number of ketones is 1. The fraction of sp³-hybridized carbons (Fsp3) is 0.292. The van der Waals surface area contributed by atoms with Crippen LogP contribution in [0.4, 0.5) is 0 Å². The zero-order valence-corrected chi connectivity index (χ0v) is 15.6. The molecule has 0 aliphatic heterocycles. The van der Waals surface area contributed by atoms with Crippen molar-refractivity contribution in [2.45, 2.75) is 32.8 Å². The summed E-state index contributed by atoms with van der Waals surface area (Å²) in [5.41, 5.74) is 1.84. The first kappa shape index (κ1) is 19.9. The van der Waals surface area contributed by atoms with Crippen molar-refractivity contribution in [3.63, 3.8) is 0 Å². The Morgan fingerprint density at radius 3 is 2.27 bits per heavy atom. The lowest BCUT2D eigenvalue weighted by atomic mass is 9.82. The zero-order valence-electron chi connectivity index (χ0n) is 15.6. The SMILES string of the molecule is C=CC(C)(CCOCc1ccccc1)C(=O)/C=C/CCc1ccccc1. The van der Waals surface area contributed by atoms with Gasteiger partial charge in [-0.1, -0.05) is 72.8 Å². The molecule has 26 heavy (non-hydrogen) atoms. The standard InChI is InChI=1S/C24H28O2/c1-3-24(2,18-19-26-20-22-15-8-5-9-16-22)23(25)17-11-10-14-21-12-6-4-7-13-21/h3-9,11-13,15-17H,1,10,14,18-20H2,2H3/b17-11+. The molecule has 2 aromatic carbocycles. The van der Waals surface area contributed by atoms with Crippen LogP contribution in [0.2, 0.25) is 0 Å². The van der Waals surface area contributed by atoms with Gasteiger partial charge < -0.3 is 4.74 Å². The summed E-state index contributed by atoms with van der Waals surface area (Å²) < 4.78 is 5.73. The molecule has 0 spiro atoms. The highest BCUT2D eigenvalue weighted by Crippen LogP contribution is 2.25. The molecule has 2 heteroatoms. The van der Waals surface area contributed by atoms with Crippen LogP contribution in [0.1, 0.15) is 30.9 Å². The highest BCUT2D eigenvalue weighted by Gasteiger charge is 2.27. The van der Waals surface area contributed by atoms with E-state index in [1.165, 1.54) is 5.56 Å². The normalized spacial score (nSPS) is 13.4. The van der Waals surface area contributed by atoms with Crippen LogP contribution in [0, 0.1) is 5.41 Å². The van der Waals surface area contributed by atoms with Gasteiger partial charge in [0.05, 0.1) is 12.0 Å². The second-order valence-electron chi connectivity index (χ2n) is 6.70. The molecule has 1 unspecified atom stereocenters. The predicted octanol–water partition coefficient (Wildman–Crippen LogP) is 5.54. The van der Waals surface area contributed by atoms with E-state index < -0.39 is 5.41 Å². The van der Waals surface area contributed by atoms with E-state index in [0.29, 0.717) is 19.6 Å². The lowest BCUT2D eigenvalue weighted by molar-refractivity contribution is -0.121. The number of carbonyl (C=O) groups excluding carboxylic acids is 1. The van der Waals surface area contributed by atoms with Gasteiger partial charge in [-0.05, 0) is 43.4 Å². The number of hydrogen-bond acceptors (Lipinski definition) is 2. The lowest BCUT2D eigenvalue weighted by Gasteiger charge is -2.22. The van der Waals surface area contributed by atoms with E-state index in [1.54, 1.807) is 12.2 Å². The first-order chi connectivity index (χ1) is 12.6. The van der Waals surface area contributed by atoms with Crippen molar-refractivity contribution in [2.24, 2.45) is 5.41 Å². The largest absolute Gasteiger partial charge is 0.377 e. The summed E-state index contributed by atoms with van der Waals surface area (Å²) >= 11 is 0. The highest BCUT2D eigenvalue weighted by molar-refractivity contribution is 5.95. The van der Waals surface area contributed by atoms with Crippen LogP contribution >= 0.6 is 0 Å². The molecule has 2 nitrogen and oxygen atoms in total. The molecule has 0 aromatic heterocycles. The number of benzene rings is 2. The van der Waals surface area contributed by atoms with Gasteiger partial charge in [-0.25, -0.2) is 0 Å². The van der Waals surface area contributed by atoms with Gasteiger partial charge in [0.25, 0.3) is 0 Å². The summed E-state index contributed by atoms with van der Waals surface area (Å²) in [5, 5.41) is 0. The number of rotatable bonds is 11. The molecule has 0 saturated heterocycles. The average Bonchev–Trinajstić information content (AvgIpc) is 2.70. The van der Waals surface area contributed by atoms with E-state index in [0.717, 1.165) is 18.4 Å². The van der Waals surface area contributed by atoms with Crippen LogP contribution in [0.3, 0.4) is 0 Å². The monoisotopic (exact) mass is 348 g/mol. The lowest BCUT2D eigenvalue weighted by Crippen LogP contribution is -2.25. The maximum absolute atomic E-state index is 12.6. The molecule has 0 amide bonds. The first-order valence-electron chi connectivity index (χ1n) is 9.14. The molecule has 0 saturated carbocycles. The van der Waals surface area contributed by atoms with Gasteiger partial charge in [0.2, 0.25) is 0 Å². The number of carbonyl (C=O) groups is 1. The summed E-state index contributed by atoms with van der Waals surface area (Å²) in [7, 11) is 0. The van der Waals surface area contributed by atoms with Crippen LogP contribution in [0.5, 0.6) is 0 Å². The summed E-state index contributed by atoms with van der Waals surface area (Å²) in [5.74, 6) is 0.0869. The van der Waals surface area contributed by atoms with E-state index >= 15 is 0 Å². The first-order valence-corrected chi connectivity index (χ1v) is 9.14. The molecule has 2 rings (SSSR count). The Hall–Kier alpha value is -2.45. The second kappa shape index (κ2) is 10.5. The minimum Gasteiger partial charge on any atom is -0.377 e. The van der Waals surface area contributed by atoms with Crippen LogP contribution < -0.4 is 0 Å². The Bertz CT molecular complexity index is 704. The quantitative estimate of drug-likeness (QED) is 0.303. The molecule has 1 atom stereocenters. The third kappa shape index (κ3) is 6.45. The highest BCUT2D eigenvalue weighted by atomic mass is 16.5. The number of allylic oxidation sites excluding steroid dienone is 3. The molecule has 136 valence electrons. The minimum absolute atomic E-state index is 0.0869. The molecule has 0 N–H and O–H groups in total. The zero-order chi connectivity index (χ0) is 18.7. The summed E-state index contributed by atoms with van der Waals surface area (Å²) in [4.78, 5) is 12.6. The molecule has 0 aliphatic rings. The summed E-state index contributed by atoms with van der Waals surface area (Å²) in [6.45, 7) is 6.88. The van der Waals surface area contributed by atoms with Crippen LogP contribution in [-0.4, -0.2) is 12.4 Å². The number of ether oxygens (including phenoxy) is 1. The molecule has 0 fully saturated rings. The maximum Gasteiger partial charge on any atom is 0.165 e. The maximum atomic E-state index is 12.6. The van der Waals surface area contributed by atoms with Crippen molar-refractivity contribution < 1.29 is 9.53 Å². The Labute approximate surface area is 157 Å². The Kier molecular flexibility index (Phi) is 8.04. The summed E-state index contributed by atoms with van der Waals surface area (Å²) in [6, 6.07) is 20.3. The van der Waals surface area contributed by atoms with Crippen molar-refractivity contribution >= 4 is 5.78 Å². The third-order valence-corrected chi connectivity index (χ3v) is 4.60. The predicted molar refractivity (Wildman–Crippen MR) is 108 cm³/mol. The molecular weight excluding hydrogens is 320 g/mol. The van der Waals surface area contributed by atoms with Crippen LogP contribution in [0.25, 0.3) is 0 Å². The van der Waals surface area contributed by atoms with Crippen molar-refractivity contribution in [1.82, 2.24) is 0 Å². The van der Waals surface area contributed by atoms with Crippen LogP contribution in [-0.2, 0) is 22.6 Å². The van der Waals surface area contributed by atoms with Crippen molar-refractivity contribution in [3.05, 3.63) is 96.6 Å². The topological polar surface area (TPSA) is 26.3 Å². The molecule has 2 aromatic rings. The Morgan fingerprint density at radius 1 is 1.04 bits per heavy atom. The Balaban J connectivity index is 1.76. The van der Waals surface area contributed by atoms with Crippen LogP contribution in [0.15, 0.2) is 85.5 Å². The molecule has 0 heterocycles. The van der Waals surface area contributed by atoms with E-state index in [2.05, 4.69) is 18.7 Å². The third-order valence-electron chi connectivity index (χ3n) is 4.60. The van der Waals surface area contributed by atoms with Gasteiger partial charge in [-0.3, -0.25) is 4.79 Å². The fourth-order valence-corrected chi connectivity index (χ4v) is 2.65. The van der Waals surface area contributed by atoms with Gasteiger partial charge in [0.1, 0.15) is 0 Å². The van der Waals surface area contributed by atoms with E-state index in [4.69, 9.17) is 4.74 Å². The summed E-state index contributed by atoms with van der Waals surface area (Å²) in [6.07, 6.45) is 7.82. The van der Waals surface area contributed by atoms with Gasteiger partial charge in [0, 0.05) is 6.61 Å². The van der Waals surface area contributed by atoms with Gasteiger partial charge in [-0.2, -0.15) is 0 Å². The molecule has 0 bridgehead atoms. The minimum atomic E-state index is -0.583. The van der Waals surface area contributed by atoms with Crippen molar-refractivity contribution in [1.29, 1.82) is 0 Å². The van der Waals surface area contributed by atoms with Gasteiger partial charge in [0.15, 0.2) is 5.78 Å². The van der Waals surface area contributed by atoms with Crippen molar-refractivity contribution in [2.75, 3.05) is 6.61 Å². The van der Waals surface area contributed by atoms with E-state index in [9.17, 15) is 4.79 Å². The fourth-order valence-electron chi connectivity index (χ4n) is 2.65. The molecule has 0 aliphatic carbocycles. The number of hydrogen-bond donors (Lipinski definition) is 0. The van der Waals surface area contributed by atoms with Crippen molar-refractivity contribution in [3.8, 4) is 0 Å². The average molecular weight is 348 g/mol. The van der Waals surface area contributed by atoms with E-state index in [1.807, 2.05) is 61.5 Å². The smallest absolute Gasteiger partial charge is 0.165 e. The number of aryl methyl sites for hydroxylation is 1. The van der Waals surface area contributed by atoms with Gasteiger partial charge in [-0.15, -0.1) is 6.58 Å². The Morgan fingerprint density at radius 2 is 1.65 bits per heavy atom. The van der Waals surface area contributed by atoms with E-state index in [-0.39, 0.29) is 5.78 Å². The van der Waals surface area contributed by atoms with Gasteiger partial charge >= 0.3 is 0 Å².